The molecule has 3 nitrogen and oxygen atoms in total. The van der Waals surface area contributed by atoms with Crippen molar-refractivity contribution in [3.05, 3.63) is 28.5 Å². The monoisotopic (exact) mass is 236 g/mol. The lowest BCUT2D eigenvalue weighted by molar-refractivity contribution is 0.580. The van der Waals surface area contributed by atoms with Crippen molar-refractivity contribution >= 4 is 11.3 Å². The molecule has 0 fully saturated rings. The first kappa shape index (κ1) is 11.4. The Morgan fingerprint density at radius 2 is 2.25 bits per heavy atom. The molecule has 0 radical (unpaired) electrons. The minimum atomic E-state index is 0.402. The van der Waals surface area contributed by atoms with E-state index in [2.05, 4.69) is 18.8 Å². The van der Waals surface area contributed by atoms with Crippen LogP contribution in [0.15, 0.2) is 16.7 Å². The Morgan fingerprint density at radius 1 is 1.50 bits per heavy atom. The lowest BCUT2D eigenvalue weighted by Gasteiger charge is -2.01. The Kier molecular flexibility index (Phi) is 3.12. The average molecular weight is 236 g/mol. The maximum Gasteiger partial charge on any atom is 0.165 e. The number of furan rings is 1. The second-order valence-corrected chi connectivity index (χ2v) is 5.20. The molecule has 0 aromatic carbocycles. The van der Waals surface area contributed by atoms with Crippen molar-refractivity contribution in [2.45, 2.75) is 33.2 Å². The molecule has 2 heterocycles. The zero-order chi connectivity index (χ0) is 11.7. The van der Waals surface area contributed by atoms with Crippen LogP contribution in [-0.4, -0.2) is 4.98 Å². The number of nitrogens with zero attached hydrogens (tertiary/aromatic N) is 1. The molecule has 0 aliphatic carbocycles. The van der Waals surface area contributed by atoms with E-state index >= 15 is 0 Å². The highest BCUT2D eigenvalue weighted by Crippen LogP contribution is 2.33. The Bertz CT molecular complexity index is 485. The molecule has 0 amide bonds. The van der Waals surface area contributed by atoms with Gasteiger partial charge in [0.15, 0.2) is 10.8 Å². The van der Waals surface area contributed by atoms with Crippen LogP contribution in [0.3, 0.4) is 0 Å². The van der Waals surface area contributed by atoms with Crippen LogP contribution < -0.4 is 5.73 Å². The highest BCUT2D eigenvalue weighted by molar-refractivity contribution is 7.15. The van der Waals surface area contributed by atoms with Crippen molar-refractivity contribution in [1.29, 1.82) is 0 Å². The first-order valence-corrected chi connectivity index (χ1v) is 6.19. The van der Waals surface area contributed by atoms with Crippen molar-refractivity contribution in [3.8, 4) is 10.8 Å². The zero-order valence-electron chi connectivity index (χ0n) is 9.78. The summed E-state index contributed by atoms with van der Waals surface area (Å²) < 4.78 is 5.45. The number of aryl methyl sites for hydroxylation is 1. The Labute approximate surface area is 99.3 Å². The summed E-state index contributed by atoms with van der Waals surface area (Å²) >= 11 is 1.63. The van der Waals surface area contributed by atoms with Crippen LogP contribution >= 0.6 is 11.3 Å². The molecule has 0 bridgehead atoms. The molecule has 16 heavy (non-hydrogen) atoms. The van der Waals surface area contributed by atoms with Gasteiger partial charge in [0, 0.05) is 11.4 Å². The van der Waals surface area contributed by atoms with Gasteiger partial charge in [-0.2, -0.15) is 0 Å². The van der Waals surface area contributed by atoms with E-state index < -0.39 is 0 Å². The summed E-state index contributed by atoms with van der Waals surface area (Å²) in [5, 5.41) is 0.937. The standard InChI is InChI=1S/C12H16N2OS/c1-7(2)10-9(6-13)16-12(14-10)11-8(3)4-5-15-11/h4-5,7H,6,13H2,1-3H3. The number of hydrogen-bond donors (Lipinski definition) is 1. The van der Waals surface area contributed by atoms with Gasteiger partial charge >= 0.3 is 0 Å². The summed E-state index contributed by atoms with van der Waals surface area (Å²) in [6, 6.07) is 1.95. The smallest absolute Gasteiger partial charge is 0.165 e. The van der Waals surface area contributed by atoms with Crippen molar-refractivity contribution in [1.82, 2.24) is 4.98 Å². The SMILES string of the molecule is Cc1ccoc1-c1nc(C(C)C)c(CN)s1. The predicted molar refractivity (Wildman–Crippen MR) is 66.5 cm³/mol. The predicted octanol–water partition coefficient (Wildman–Crippen LogP) is 3.29. The third-order valence-corrected chi connectivity index (χ3v) is 3.61. The molecular formula is C12H16N2OS. The third kappa shape index (κ3) is 1.90. The molecule has 4 heteroatoms. The van der Waals surface area contributed by atoms with Crippen molar-refractivity contribution < 1.29 is 4.42 Å². The van der Waals surface area contributed by atoms with E-state index in [1.54, 1.807) is 17.6 Å². The molecule has 0 atom stereocenters. The first-order valence-electron chi connectivity index (χ1n) is 5.37. The Hall–Kier alpha value is -1.13. The van der Waals surface area contributed by atoms with E-state index in [4.69, 9.17) is 10.2 Å². The molecule has 2 aromatic rings. The van der Waals surface area contributed by atoms with Crippen LogP contribution in [0.2, 0.25) is 0 Å². The summed E-state index contributed by atoms with van der Waals surface area (Å²) in [5.74, 6) is 1.27. The van der Waals surface area contributed by atoms with Gasteiger partial charge in [0.2, 0.25) is 0 Å². The topological polar surface area (TPSA) is 52.0 Å². The van der Waals surface area contributed by atoms with Gasteiger partial charge in [-0.15, -0.1) is 11.3 Å². The highest BCUT2D eigenvalue weighted by atomic mass is 32.1. The van der Waals surface area contributed by atoms with Gasteiger partial charge in [0.05, 0.1) is 12.0 Å². The van der Waals surface area contributed by atoms with Gasteiger partial charge in [-0.1, -0.05) is 13.8 Å². The maximum absolute atomic E-state index is 5.73. The van der Waals surface area contributed by atoms with Crippen molar-refractivity contribution in [3.63, 3.8) is 0 Å². The van der Waals surface area contributed by atoms with E-state index in [-0.39, 0.29) is 0 Å². The summed E-state index contributed by atoms with van der Waals surface area (Å²) in [4.78, 5) is 5.78. The molecule has 0 aliphatic rings. The lowest BCUT2D eigenvalue weighted by Crippen LogP contribution is -1.99. The summed E-state index contributed by atoms with van der Waals surface area (Å²) in [6.07, 6.45) is 1.70. The van der Waals surface area contributed by atoms with Gasteiger partial charge in [-0.05, 0) is 24.5 Å². The minimum Gasteiger partial charge on any atom is -0.462 e. The van der Waals surface area contributed by atoms with E-state index in [1.165, 1.54) is 0 Å². The van der Waals surface area contributed by atoms with Gasteiger partial charge in [0.1, 0.15) is 0 Å². The number of nitrogens with two attached hydrogens (primary N) is 1. The number of hydrogen-bond acceptors (Lipinski definition) is 4. The van der Waals surface area contributed by atoms with E-state index in [0.717, 1.165) is 26.9 Å². The Morgan fingerprint density at radius 3 is 2.69 bits per heavy atom. The molecule has 0 unspecified atom stereocenters. The van der Waals surface area contributed by atoms with Crippen LogP contribution in [0.5, 0.6) is 0 Å². The molecular weight excluding hydrogens is 220 g/mol. The van der Waals surface area contributed by atoms with Gasteiger partial charge in [0.25, 0.3) is 0 Å². The normalized spacial score (nSPS) is 11.3. The fraction of sp³-hybridized carbons (Fsp3) is 0.417. The largest absolute Gasteiger partial charge is 0.462 e. The van der Waals surface area contributed by atoms with Gasteiger partial charge in [-0.3, -0.25) is 0 Å². The first-order chi connectivity index (χ1) is 7.63. The van der Waals surface area contributed by atoms with Crippen LogP contribution in [0.1, 0.15) is 35.9 Å². The molecule has 0 saturated carbocycles. The van der Waals surface area contributed by atoms with Crippen LogP contribution in [0, 0.1) is 6.92 Å². The molecule has 2 rings (SSSR count). The summed E-state index contributed by atoms with van der Waals surface area (Å²) in [6.45, 7) is 6.84. The fourth-order valence-corrected chi connectivity index (χ4v) is 2.80. The molecule has 2 N–H and O–H groups in total. The summed E-state index contributed by atoms with van der Waals surface area (Å²) in [5.41, 5.74) is 7.95. The molecule has 0 aliphatic heterocycles. The molecule has 2 aromatic heterocycles. The summed E-state index contributed by atoms with van der Waals surface area (Å²) in [7, 11) is 0. The Balaban J connectivity index is 2.48. The van der Waals surface area contributed by atoms with Crippen LogP contribution in [0.25, 0.3) is 10.8 Å². The van der Waals surface area contributed by atoms with Gasteiger partial charge < -0.3 is 10.2 Å². The van der Waals surface area contributed by atoms with Crippen LogP contribution in [0.4, 0.5) is 0 Å². The number of aromatic nitrogens is 1. The highest BCUT2D eigenvalue weighted by Gasteiger charge is 2.16. The zero-order valence-corrected chi connectivity index (χ0v) is 10.6. The van der Waals surface area contributed by atoms with Crippen molar-refractivity contribution in [2.24, 2.45) is 5.73 Å². The quantitative estimate of drug-likeness (QED) is 0.889. The second-order valence-electron chi connectivity index (χ2n) is 4.12. The van der Waals surface area contributed by atoms with Crippen molar-refractivity contribution in [2.75, 3.05) is 0 Å². The van der Waals surface area contributed by atoms with Gasteiger partial charge in [-0.25, -0.2) is 4.98 Å². The van der Waals surface area contributed by atoms with E-state index in [0.29, 0.717) is 12.5 Å². The fourth-order valence-electron chi connectivity index (χ4n) is 1.65. The third-order valence-electron chi connectivity index (χ3n) is 2.52. The average Bonchev–Trinajstić information content (AvgIpc) is 2.82. The number of thiazole rings is 1. The minimum absolute atomic E-state index is 0.402. The van der Waals surface area contributed by atoms with Crippen LogP contribution in [-0.2, 0) is 6.54 Å². The van der Waals surface area contributed by atoms with E-state index in [1.807, 2.05) is 13.0 Å². The molecule has 0 spiro atoms. The number of rotatable bonds is 3. The lowest BCUT2D eigenvalue weighted by atomic mass is 10.1. The van der Waals surface area contributed by atoms with E-state index in [9.17, 15) is 0 Å². The molecule has 0 saturated heterocycles. The molecule has 86 valence electrons. The maximum atomic E-state index is 5.73. The second kappa shape index (κ2) is 4.39.